The van der Waals surface area contributed by atoms with Gasteiger partial charge in [-0.3, -0.25) is 0 Å². The lowest BCUT2D eigenvalue weighted by molar-refractivity contribution is 0.244. The monoisotopic (exact) mass is 367 g/mol. The molecule has 8 nitrogen and oxygen atoms in total. The Hall–Kier alpha value is -3.68. The lowest BCUT2D eigenvalue weighted by Crippen LogP contribution is -2.32. The van der Waals surface area contributed by atoms with Crippen LogP contribution in [0.15, 0.2) is 54.7 Å². The van der Waals surface area contributed by atoms with Crippen molar-refractivity contribution in [3.63, 3.8) is 0 Å². The van der Waals surface area contributed by atoms with E-state index >= 15 is 0 Å². The van der Waals surface area contributed by atoms with Crippen LogP contribution in [0.2, 0.25) is 0 Å². The van der Waals surface area contributed by atoms with Crippen LogP contribution in [0.1, 0.15) is 0 Å². The van der Waals surface area contributed by atoms with E-state index in [9.17, 15) is 4.79 Å². The van der Waals surface area contributed by atoms with Gasteiger partial charge in [-0.1, -0.05) is 12.1 Å². The largest absolute Gasteiger partial charge is 0.497 e. The van der Waals surface area contributed by atoms with Gasteiger partial charge in [-0.25, -0.2) is 9.48 Å². The number of aromatic nitrogens is 2. The number of urea groups is 1. The van der Waals surface area contributed by atoms with E-state index in [-0.39, 0.29) is 0 Å². The molecule has 0 radical (unpaired) electrons. The molecule has 0 aliphatic rings. The molecule has 0 spiro atoms. The number of nitrogens with two attached hydrogens (primary N) is 2. The van der Waals surface area contributed by atoms with E-state index in [2.05, 4.69) is 10.4 Å². The van der Waals surface area contributed by atoms with E-state index in [4.69, 9.17) is 20.9 Å². The summed E-state index contributed by atoms with van der Waals surface area (Å²) in [6.07, 6.45) is 1.88. The minimum Gasteiger partial charge on any atom is -0.497 e. The Morgan fingerprint density at radius 2 is 1.78 bits per heavy atom. The van der Waals surface area contributed by atoms with Gasteiger partial charge < -0.3 is 26.3 Å². The second kappa shape index (κ2) is 8.13. The minimum absolute atomic E-state index is 0.333. The first kappa shape index (κ1) is 18.1. The van der Waals surface area contributed by atoms with E-state index in [1.165, 1.54) is 0 Å². The van der Waals surface area contributed by atoms with Gasteiger partial charge >= 0.3 is 6.03 Å². The first-order valence-corrected chi connectivity index (χ1v) is 8.33. The third-order valence-electron chi connectivity index (χ3n) is 3.92. The van der Waals surface area contributed by atoms with Crippen LogP contribution in [0.5, 0.6) is 11.5 Å². The van der Waals surface area contributed by atoms with Gasteiger partial charge in [0.15, 0.2) is 5.82 Å². The molecule has 0 saturated carbocycles. The van der Waals surface area contributed by atoms with Gasteiger partial charge in [0.05, 0.1) is 19.3 Å². The molecule has 0 aliphatic heterocycles. The molecule has 5 N–H and O–H groups in total. The summed E-state index contributed by atoms with van der Waals surface area (Å²) in [4.78, 5) is 10.6. The molecule has 140 valence electrons. The Balaban J connectivity index is 1.70. The molecule has 8 heteroatoms. The number of ether oxygens (including phenoxy) is 2. The van der Waals surface area contributed by atoms with Gasteiger partial charge in [-0.05, 0) is 42.0 Å². The molecule has 2 amide bonds. The quantitative estimate of drug-likeness (QED) is 0.553. The van der Waals surface area contributed by atoms with Crippen molar-refractivity contribution < 1.29 is 14.3 Å². The highest BCUT2D eigenvalue weighted by Gasteiger charge is 2.10. The van der Waals surface area contributed by atoms with Crippen molar-refractivity contribution >= 4 is 11.8 Å². The number of hydrogen-bond acceptors (Lipinski definition) is 5. The average Bonchev–Trinajstić information content (AvgIpc) is 3.07. The van der Waals surface area contributed by atoms with Gasteiger partial charge in [-0.15, -0.1) is 0 Å². The zero-order chi connectivity index (χ0) is 19.2. The number of nitrogen functional groups attached to an aromatic ring is 1. The van der Waals surface area contributed by atoms with Crippen LogP contribution in [0.3, 0.4) is 0 Å². The van der Waals surface area contributed by atoms with Gasteiger partial charge in [0.1, 0.15) is 18.1 Å². The van der Waals surface area contributed by atoms with Crippen LogP contribution < -0.4 is 26.3 Å². The number of rotatable bonds is 7. The van der Waals surface area contributed by atoms with Crippen LogP contribution >= 0.6 is 0 Å². The molecule has 1 heterocycles. The van der Waals surface area contributed by atoms with Gasteiger partial charge in [0, 0.05) is 11.8 Å². The second-order valence-corrected chi connectivity index (χ2v) is 5.73. The summed E-state index contributed by atoms with van der Waals surface area (Å²) in [6, 6.07) is 14.5. The highest BCUT2D eigenvalue weighted by Crippen LogP contribution is 2.28. The summed E-state index contributed by atoms with van der Waals surface area (Å²) >= 11 is 0. The fourth-order valence-corrected chi connectivity index (χ4v) is 2.55. The normalized spacial score (nSPS) is 10.4. The van der Waals surface area contributed by atoms with Crippen molar-refractivity contribution in [1.82, 2.24) is 15.1 Å². The maximum Gasteiger partial charge on any atom is 0.312 e. The number of amides is 2. The number of methoxy groups -OCH3 is 1. The van der Waals surface area contributed by atoms with E-state index < -0.39 is 6.03 Å². The summed E-state index contributed by atoms with van der Waals surface area (Å²) < 4.78 is 12.4. The average molecular weight is 367 g/mol. The maximum atomic E-state index is 10.6. The van der Waals surface area contributed by atoms with Crippen molar-refractivity contribution in [2.24, 2.45) is 5.73 Å². The minimum atomic E-state index is -0.571. The molecule has 0 fully saturated rings. The predicted molar refractivity (Wildman–Crippen MR) is 103 cm³/mol. The van der Waals surface area contributed by atoms with E-state index in [1.807, 2.05) is 54.7 Å². The topological polar surface area (TPSA) is 117 Å². The molecule has 27 heavy (non-hydrogen) atoms. The van der Waals surface area contributed by atoms with Crippen LogP contribution in [-0.2, 0) is 0 Å². The van der Waals surface area contributed by atoms with Crippen LogP contribution in [0, 0.1) is 0 Å². The van der Waals surface area contributed by atoms with E-state index in [0.717, 1.165) is 22.6 Å². The standard InChI is InChI=1S/C19H21N5O3/c1-26-15-8-4-14(5-9-15)24-12-17(18(20)23-24)13-2-6-16(7-3-13)27-11-10-22-19(21)25/h2-9,12H,10-11H2,1H3,(H2,20,23)(H3,21,22,25). The van der Waals surface area contributed by atoms with Crippen molar-refractivity contribution in [3.05, 3.63) is 54.7 Å². The van der Waals surface area contributed by atoms with Crippen molar-refractivity contribution in [2.45, 2.75) is 0 Å². The summed E-state index contributed by atoms with van der Waals surface area (Å²) in [5.74, 6) is 1.90. The molecule has 0 aliphatic carbocycles. The molecule has 1 aromatic heterocycles. The van der Waals surface area contributed by atoms with Gasteiger partial charge in [0.2, 0.25) is 0 Å². The first-order chi connectivity index (χ1) is 13.1. The number of nitrogens with zero attached hydrogens (tertiary/aromatic N) is 2. The Morgan fingerprint density at radius 1 is 1.11 bits per heavy atom. The van der Waals surface area contributed by atoms with Crippen molar-refractivity contribution in [1.29, 1.82) is 0 Å². The molecule has 0 saturated heterocycles. The Morgan fingerprint density at radius 3 is 2.41 bits per heavy atom. The molecule has 0 atom stereocenters. The maximum absolute atomic E-state index is 10.6. The summed E-state index contributed by atoms with van der Waals surface area (Å²) in [5.41, 5.74) is 13.7. The second-order valence-electron chi connectivity index (χ2n) is 5.73. The van der Waals surface area contributed by atoms with Crippen LogP contribution in [-0.4, -0.2) is 36.1 Å². The number of carbonyl (C=O) groups excluding carboxylic acids is 1. The van der Waals surface area contributed by atoms with Gasteiger partial charge in [-0.2, -0.15) is 5.10 Å². The summed E-state index contributed by atoms with van der Waals surface area (Å²) in [5, 5.41) is 6.85. The van der Waals surface area contributed by atoms with Crippen molar-refractivity contribution in [2.75, 3.05) is 26.0 Å². The Labute approximate surface area is 156 Å². The van der Waals surface area contributed by atoms with Crippen LogP contribution in [0.25, 0.3) is 16.8 Å². The highest BCUT2D eigenvalue weighted by molar-refractivity contribution is 5.74. The third kappa shape index (κ3) is 4.49. The fraction of sp³-hybridized carbons (Fsp3) is 0.158. The van der Waals surface area contributed by atoms with E-state index in [1.54, 1.807) is 11.8 Å². The molecule has 0 unspecified atom stereocenters. The lowest BCUT2D eigenvalue weighted by atomic mass is 10.1. The third-order valence-corrected chi connectivity index (χ3v) is 3.92. The molecule has 0 bridgehead atoms. The van der Waals surface area contributed by atoms with Crippen LogP contribution in [0.4, 0.5) is 10.6 Å². The number of primary amides is 1. The highest BCUT2D eigenvalue weighted by atomic mass is 16.5. The zero-order valence-corrected chi connectivity index (χ0v) is 14.9. The first-order valence-electron chi connectivity index (χ1n) is 8.33. The number of carbonyl (C=O) groups is 1. The molecule has 3 rings (SSSR count). The Bertz CT molecular complexity index is 904. The lowest BCUT2D eigenvalue weighted by Gasteiger charge is -2.07. The molecule has 3 aromatic rings. The SMILES string of the molecule is COc1ccc(-n2cc(-c3ccc(OCCNC(N)=O)cc3)c(N)n2)cc1. The van der Waals surface area contributed by atoms with Crippen molar-refractivity contribution in [3.8, 4) is 28.3 Å². The smallest absolute Gasteiger partial charge is 0.312 e. The number of benzene rings is 2. The predicted octanol–water partition coefficient (Wildman–Crippen LogP) is 2.18. The molecular weight excluding hydrogens is 346 g/mol. The summed E-state index contributed by atoms with van der Waals surface area (Å²) in [7, 11) is 1.63. The molecular formula is C19H21N5O3. The number of anilines is 1. The summed E-state index contributed by atoms with van der Waals surface area (Å²) in [6.45, 7) is 0.679. The number of hydrogen-bond donors (Lipinski definition) is 3. The Kier molecular flexibility index (Phi) is 5.46. The van der Waals surface area contributed by atoms with E-state index in [0.29, 0.717) is 24.7 Å². The zero-order valence-electron chi connectivity index (χ0n) is 14.9. The number of nitrogens with one attached hydrogen (secondary N) is 1. The van der Waals surface area contributed by atoms with Gasteiger partial charge in [0.25, 0.3) is 0 Å². The molecule has 2 aromatic carbocycles. The fourth-order valence-electron chi connectivity index (χ4n) is 2.55.